The fourth-order valence-electron chi connectivity index (χ4n) is 3.83. The van der Waals surface area contributed by atoms with Gasteiger partial charge in [0.15, 0.2) is 5.75 Å². The van der Waals surface area contributed by atoms with Crippen molar-refractivity contribution in [3.63, 3.8) is 0 Å². The molecular formula is C25H29N7O7. The van der Waals surface area contributed by atoms with Crippen molar-refractivity contribution in [2.75, 3.05) is 31.8 Å². The summed E-state index contributed by atoms with van der Waals surface area (Å²) in [7, 11) is 6.37. The lowest BCUT2D eigenvalue weighted by Crippen LogP contribution is -2.48. The van der Waals surface area contributed by atoms with E-state index >= 15 is 0 Å². The minimum Gasteiger partial charge on any atom is -0.494 e. The van der Waals surface area contributed by atoms with Gasteiger partial charge in [-0.1, -0.05) is 6.07 Å². The van der Waals surface area contributed by atoms with Gasteiger partial charge in [0.2, 0.25) is 5.91 Å². The average molecular weight is 540 g/mol. The number of amides is 3. The number of aryl methyl sites for hydroxylation is 1. The number of rotatable bonds is 9. The first-order valence-corrected chi connectivity index (χ1v) is 11.9. The van der Waals surface area contributed by atoms with E-state index in [0.29, 0.717) is 28.4 Å². The van der Waals surface area contributed by atoms with Gasteiger partial charge in [0.1, 0.15) is 11.5 Å². The molecule has 0 aliphatic heterocycles. The number of aromatic nitrogens is 3. The first kappa shape index (κ1) is 27.5. The first-order chi connectivity index (χ1) is 18.4. The lowest BCUT2D eigenvalue weighted by molar-refractivity contribution is -0.323. The molecule has 1 aromatic carbocycles. The predicted molar refractivity (Wildman–Crippen MR) is 139 cm³/mol. The largest absolute Gasteiger partial charge is 0.494 e. The molecule has 0 saturated heterocycles. The van der Waals surface area contributed by atoms with Crippen LogP contribution in [0.1, 0.15) is 33.7 Å². The minimum atomic E-state index is -3.47. The standard InChI is InChI=1S/C25H29N7O7/c1-31(2)24(35)19-10-18(30-32(19)3)14-6-5-7-16(21(14)39-4)27-17-11-20(28-22(33)13-8-9-13)26-12-15(17)23(34)29-25(36,37)38/h5-7,10-13,36-38H,8-9H2,1-4H3,(H,29,34)(H2,26,27,28,33). The second-order valence-electron chi connectivity index (χ2n) is 9.22. The number of aliphatic hydroxyl groups is 3. The molecule has 14 heteroatoms. The number of benzene rings is 1. The number of carbonyl (C=O) groups is 3. The molecule has 1 aliphatic rings. The van der Waals surface area contributed by atoms with Crippen LogP contribution in [0.3, 0.4) is 0 Å². The topological polar surface area (TPSA) is 191 Å². The van der Waals surface area contributed by atoms with Crippen LogP contribution in [0.5, 0.6) is 5.75 Å². The Hall–Kier alpha value is -4.53. The number of pyridine rings is 1. The summed E-state index contributed by atoms with van der Waals surface area (Å²) in [5.41, 5.74) is 1.67. The van der Waals surface area contributed by atoms with Crippen LogP contribution < -0.4 is 20.7 Å². The summed E-state index contributed by atoms with van der Waals surface area (Å²) in [6, 6.07) is 8.14. The summed E-state index contributed by atoms with van der Waals surface area (Å²) in [6.07, 6.45) is -0.795. The Bertz CT molecular complexity index is 1420. The molecule has 1 saturated carbocycles. The molecule has 3 aromatic rings. The zero-order valence-electron chi connectivity index (χ0n) is 21.7. The molecule has 0 atom stereocenters. The molecule has 3 amide bonds. The van der Waals surface area contributed by atoms with Gasteiger partial charge in [-0.05, 0) is 31.0 Å². The predicted octanol–water partition coefficient (Wildman–Crippen LogP) is 0.603. The Morgan fingerprint density at radius 2 is 1.85 bits per heavy atom. The van der Waals surface area contributed by atoms with Gasteiger partial charge in [0.25, 0.3) is 11.8 Å². The van der Waals surface area contributed by atoms with Gasteiger partial charge in [0.05, 0.1) is 29.7 Å². The van der Waals surface area contributed by atoms with Gasteiger partial charge < -0.3 is 35.6 Å². The van der Waals surface area contributed by atoms with E-state index in [1.807, 2.05) is 0 Å². The summed E-state index contributed by atoms with van der Waals surface area (Å²) in [5.74, 6) is -1.12. The van der Waals surface area contributed by atoms with Crippen molar-refractivity contribution >= 4 is 34.9 Å². The van der Waals surface area contributed by atoms with Crippen LogP contribution in [0.4, 0.5) is 17.2 Å². The molecule has 39 heavy (non-hydrogen) atoms. The summed E-state index contributed by atoms with van der Waals surface area (Å²) in [4.78, 5) is 43.0. The monoisotopic (exact) mass is 539 g/mol. The molecule has 0 bridgehead atoms. The van der Waals surface area contributed by atoms with Crippen LogP contribution in [0.2, 0.25) is 0 Å². The van der Waals surface area contributed by atoms with Crippen molar-refractivity contribution in [1.29, 1.82) is 0 Å². The van der Waals surface area contributed by atoms with E-state index in [2.05, 4.69) is 20.7 Å². The summed E-state index contributed by atoms with van der Waals surface area (Å²) < 4.78 is 7.12. The minimum absolute atomic E-state index is 0.0932. The first-order valence-electron chi connectivity index (χ1n) is 11.9. The van der Waals surface area contributed by atoms with Crippen LogP contribution in [0.15, 0.2) is 36.5 Å². The average Bonchev–Trinajstić information content (AvgIpc) is 3.64. The highest BCUT2D eigenvalue weighted by Gasteiger charge is 2.30. The zero-order valence-corrected chi connectivity index (χ0v) is 21.7. The maximum Gasteiger partial charge on any atom is 0.369 e. The van der Waals surface area contributed by atoms with Crippen LogP contribution >= 0.6 is 0 Å². The van der Waals surface area contributed by atoms with E-state index in [1.54, 1.807) is 50.7 Å². The summed E-state index contributed by atoms with van der Waals surface area (Å²) in [6.45, 7) is 0. The van der Waals surface area contributed by atoms with E-state index in [4.69, 9.17) is 4.74 Å². The molecule has 4 rings (SSSR count). The smallest absolute Gasteiger partial charge is 0.369 e. The quantitative estimate of drug-likeness (QED) is 0.210. The van der Waals surface area contributed by atoms with E-state index in [9.17, 15) is 29.7 Å². The highest BCUT2D eigenvalue weighted by molar-refractivity contribution is 6.02. The summed E-state index contributed by atoms with van der Waals surface area (Å²) in [5, 5.41) is 39.5. The second kappa shape index (κ2) is 10.7. The fourth-order valence-corrected chi connectivity index (χ4v) is 3.83. The van der Waals surface area contributed by atoms with Gasteiger partial charge in [-0.2, -0.15) is 5.10 Å². The third-order valence-corrected chi connectivity index (χ3v) is 5.90. The third kappa shape index (κ3) is 6.31. The fraction of sp³-hybridized carbons (Fsp3) is 0.320. The Morgan fingerprint density at radius 3 is 2.46 bits per heavy atom. The van der Waals surface area contributed by atoms with Crippen molar-refractivity contribution in [2.24, 2.45) is 13.0 Å². The molecule has 1 aliphatic carbocycles. The van der Waals surface area contributed by atoms with E-state index < -0.39 is 12.0 Å². The Morgan fingerprint density at radius 1 is 1.13 bits per heavy atom. The number of hydrogen-bond donors (Lipinski definition) is 6. The number of anilines is 3. The maximum atomic E-state index is 12.7. The Kier molecular flexibility index (Phi) is 7.53. The molecule has 0 spiro atoms. The number of nitrogens with zero attached hydrogens (tertiary/aromatic N) is 4. The van der Waals surface area contributed by atoms with Crippen molar-refractivity contribution < 1.29 is 34.4 Å². The van der Waals surface area contributed by atoms with Crippen LogP contribution in [0, 0.1) is 5.92 Å². The van der Waals surface area contributed by atoms with Crippen molar-refractivity contribution in [1.82, 2.24) is 25.0 Å². The second-order valence-corrected chi connectivity index (χ2v) is 9.22. The van der Waals surface area contributed by atoms with Gasteiger partial charge in [0, 0.05) is 44.9 Å². The molecule has 206 valence electrons. The third-order valence-electron chi connectivity index (χ3n) is 5.90. The number of nitrogens with one attached hydrogen (secondary N) is 3. The van der Waals surface area contributed by atoms with Crippen molar-refractivity contribution in [3.8, 4) is 17.0 Å². The van der Waals surface area contributed by atoms with E-state index in [0.717, 1.165) is 19.0 Å². The molecule has 1 fully saturated rings. The van der Waals surface area contributed by atoms with Crippen molar-refractivity contribution in [2.45, 2.75) is 18.9 Å². The van der Waals surface area contributed by atoms with Gasteiger partial charge in [-0.25, -0.2) is 4.98 Å². The number of hydrogen-bond acceptors (Lipinski definition) is 10. The highest BCUT2D eigenvalue weighted by Crippen LogP contribution is 2.38. The zero-order chi connectivity index (χ0) is 28.5. The normalized spacial score (nSPS) is 13.0. The lowest BCUT2D eigenvalue weighted by Gasteiger charge is -2.19. The Balaban J connectivity index is 1.74. The molecule has 2 aromatic heterocycles. The number of ether oxygens (including phenoxy) is 1. The van der Waals surface area contributed by atoms with E-state index in [-0.39, 0.29) is 34.8 Å². The number of para-hydroxylation sites is 1. The Labute approximate surface area is 223 Å². The number of methoxy groups -OCH3 is 1. The molecule has 0 unspecified atom stereocenters. The summed E-state index contributed by atoms with van der Waals surface area (Å²) >= 11 is 0. The van der Waals surface area contributed by atoms with Crippen LogP contribution in [-0.4, -0.2) is 80.0 Å². The van der Waals surface area contributed by atoms with Gasteiger partial charge >= 0.3 is 6.10 Å². The molecule has 0 radical (unpaired) electrons. The van der Waals surface area contributed by atoms with Gasteiger partial charge in [-0.15, -0.1) is 0 Å². The van der Waals surface area contributed by atoms with E-state index in [1.165, 1.54) is 22.8 Å². The lowest BCUT2D eigenvalue weighted by atomic mass is 10.1. The maximum absolute atomic E-state index is 12.7. The molecule has 2 heterocycles. The van der Waals surface area contributed by atoms with Gasteiger partial charge in [-0.3, -0.25) is 24.4 Å². The number of carbonyl (C=O) groups excluding carboxylic acids is 3. The highest BCUT2D eigenvalue weighted by atomic mass is 16.7. The van der Waals surface area contributed by atoms with Crippen molar-refractivity contribution in [3.05, 3.63) is 47.8 Å². The molecule has 6 N–H and O–H groups in total. The molecule has 14 nitrogen and oxygen atoms in total. The molecular weight excluding hydrogens is 510 g/mol. The van der Waals surface area contributed by atoms with Crippen LogP contribution in [0.25, 0.3) is 11.3 Å². The SMILES string of the molecule is COc1c(Nc2cc(NC(=O)C3CC3)ncc2C(=O)NC(O)(O)O)cccc1-c1cc(C(=O)N(C)C)n(C)n1. The van der Waals surface area contributed by atoms with Crippen LogP contribution in [-0.2, 0) is 11.8 Å².